The summed E-state index contributed by atoms with van der Waals surface area (Å²) in [5.74, 6) is 2.29. The summed E-state index contributed by atoms with van der Waals surface area (Å²) in [7, 11) is 3.13. The third-order valence-corrected chi connectivity index (χ3v) is 5.07. The lowest BCUT2D eigenvalue weighted by Crippen LogP contribution is -1.98. The lowest BCUT2D eigenvalue weighted by molar-refractivity contribution is 0.101. The van der Waals surface area contributed by atoms with Gasteiger partial charge in [0.25, 0.3) is 0 Å². The number of carbonyl (C=O) groups is 1. The van der Waals surface area contributed by atoms with Gasteiger partial charge in [-0.25, -0.2) is 0 Å². The molecule has 3 aromatic rings. The molecule has 0 bridgehead atoms. The molecule has 0 spiro atoms. The summed E-state index contributed by atoms with van der Waals surface area (Å²) in [6, 6.07) is 18.0. The number of ketones is 1. The van der Waals surface area contributed by atoms with E-state index in [9.17, 15) is 4.79 Å². The maximum Gasteiger partial charge on any atom is 0.231 e. The van der Waals surface area contributed by atoms with Gasteiger partial charge in [0.05, 0.1) is 19.8 Å². The first-order valence-electron chi connectivity index (χ1n) is 9.25. The van der Waals surface area contributed by atoms with Gasteiger partial charge in [0.2, 0.25) is 5.78 Å². The fraction of sp³-hybridized carbons (Fsp3) is 0.125. The van der Waals surface area contributed by atoms with Gasteiger partial charge in [-0.15, -0.1) is 0 Å². The smallest absolute Gasteiger partial charge is 0.231 e. The molecule has 1 heterocycles. The molecular formula is C24H19ClO5. The molecule has 1 aliphatic rings. The monoisotopic (exact) mass is 422 g/mol. The van der Waals surface area contributed by atoms with Crippen molar-refractivity contribution in [1.29, 1.82) is 0 Å². The molecule has 6 heteroatoms. The Morgan fingerprint density at radius 2 is 1.77 bits per heavy atom. The molecule has 30 heavy (non-hydrogen) atoms. The van der Waals surface area contributed by atoms with Crippen LogP contribution in [0.2, 0.25) is 5.02 Å². The Kier molecular flexibility index (Phi) is 5.63. The van der Waals surface area contributed by atoms with Gasteiger partial charge in [0.1, 0.15) is 18.1 Å². The van der Waals surface area contributed by atoms with Crippen molar-refractivity contribution < 1.29 is 23.7 Å². The van der Waals surface area contributed by atoms with Gasteiger partial charge in [0, 0.05) is 16.7 Å². The third-order valence-electron chi connectivity index (χ3n) is 4.70. The number of methoxy groups -OCH3 is 2. The Morgan fingerprint density at radius 3 is 2.53 bits per heavy atom. The molecule has 0 saturated carbocycles. The number of halogens is 1. The summed E-state index contributed by atoms with van der Waals surface area (Å²) >= 11 is 6.17. The van der Waals surface area contributed by atoms with Crippen LogP contribution < -0.4 is 18.9 Å². The number of hydrogen-bond donors (Lipinski definition) is 0. The third kappa shape index (κ3) is 3.98. The predicted molar refractivity (Wildman–Crippen MR) is 115 cm³/mol. The van der Waals surface area contributed by atoms with Crippen LogP contribution in [0, 0.1) is 0 Å². The molecule has 1 aliphatic heterocycles. The van der Waals surface area contributed by atoms with Crippen LogP contribution in [-0.4, -0.2) is 20.0 Å². The second-order valence-electron chi connectivity index (χ2n) is 6.59. The van der Waals surface area contributed by atoms with Gasteiger partial charge in [-0.05, 0) is 42.0 Å². The van der Waals surface area contributed by atoms with Crippen LogP contribution in [0.4, 0.5) is 0 Å². The van der Waals surface area contributed by atoms with E-state index in [1.807, 2.05) is 30.3 Å². The molecule has 0 saturated heterocycles. The second-order valence-corrected chi connectivity index (χ2v) is 7.00. The molecule has 4 rings (SSSR count). The van der Waals surface area contributed by atoms with Crippen molar-refractivity contribution in [3.8, 4) is 23.0 Å². The molecule has 0 amide bonds. The first kappa shape index (κ1) is 19.9. The van der Waals surface area contributed by atoms with Crippen molar-refractivity contribution in [1.82, 2.24) is 0 Å². The first-order valence-corrected chi connectivity index (χ1v) is 9.63. The van der Waals surface area contributed by atoms with Crippen molar-refractivity contribution >= 4 is 23.5 Å². The van der Waals surface area contributed by atoms with Crippen molar-refractivity contribution in [2.45, 2.75) is 6.61 Å². The quantitative estimate of drug-likeness (QED) is 0.487. The number of rotatable bonds is 6. The SMILES string of the molecule is COc1ccc(/C=C2\Oc3cc(OCc4ccccc4Cl)ccc3C2=O)cc1OC. The highest BCUT2D eigenvalue weighted by Gasteiger charge is 2.28. The number of fused-ring (bicyclic) bond motifs is 1. The largest absolute Gasteiger partial charge is 0.493 e. The van der Waals surface area contributed by atoms with E-state index in [0.717, 1.165) is 11.1 Å². The second kappa shape index (κ2) is 8.51. The molecule has 0 atom stereocenters. The number of allylic oxidation sites excluding steroid dienone is 1. The topological polar surface area (TPSA) is 54.0 Å². The number of ether oxygens (including phenoxy) is 4. The minimum Gasteiger partial charge on any atom is -0.493 e. The van der Waals surface area contributed by atoms with E-state index in [4.69, 9.17) is 30.5 Å². The number of carbonyl (C=O) groups excluding carboxylic acids is 1. The first-order chi connectivity index (χ1) is 14.6. The van der Waals surface area contributed by atoms with Crippen molar-refractivity contribution in [3.63, 3.8) is 0 Å². The van der Waals surface area contributed by atoms with E-state index in [0.29, 0.717) is 40.2 Å². The van der Waals surface area contributed by atoms with E-state index < -0.39 is 0 Å². The zero-order valence-electron chi connectivity index (χ0n) is 16.5. The van der Waals surface area contributed by atoms with Crippen molar-refractivity contribution in [2.75, 3.05) is 14.2 Å². The van der Waals surface area contributed by atoms with Crippen LogP contribution in [0.1, 0.15) is 21.5 Å². The molecule has 0 aromatic heterocycles. The van der Waals surface area contributed by atoms with Gasteiger partial charge in [-0.2, -0.15) is 0 Å². The average Bonchev–Trinajstić information content (AvgIpc) is 3.07. The Bertz CT molecular complexity index is 1140. The molecular weight excluding hydrogens is 404 g/mol. The molecule has 5 nitrogen and oxygen atoms in total. The van der Waals surface area contributed by atoms with Crippen molar-refractivity contribution in [3.05, 3.63) is 88.1 Å². The molecule has 152 valence electrons. The fourth-order valence-corrected chi connectivity index (χ4v) is 3.32. The normalized spacial score (nSPS) is 13.7. The minimum absolute atomic E-state index is 0.183. The summed E-state index contributed by atoms with van der Waals surface area (Å²) in [5.41, 5.74) is 2.14. The van der Waals surface area contributed by atoms with E-state index in [2.05, 4.69) is 0 Å². The van der Waals surface area contributed by atoms with E-state index in [1.54, 1.807) is 50.6 Å². The Labute approximate surface area is 179 Å². The van der Waals surface area contributed by atoms with Gasteiger partial charge in [-0.3, -0.25) is 4.79 Å². The van der Waals surface area contributed by atoms with E-state index in [1.165, 1.54) is 0 Å². The lowest BCUT2D eigenvalue weighted by atomic mass is 10.1. The molecule has 0 unspecified atom stereocenters. The van der Waals surface area contributed by atoms with Gasteiger partial charge < -0.3 is 18.9 Å². The maximum atomic E-state index is 12.7. The van der Waals surface area contributed by atoms with Crippen LogP contribution in [0.5, 0.6) is 23.0 Å². The molecule has 0 N–H and O–H groups in total. The summed E-state index contributed by atoms with van der Waals surface area (Å²) in [6.07, 6.45) is 1.68. The van der Waals surface area contributed by atoms with Gasteiger partial charge in [-0.1, -0.05) is 35.9 Å². The average molecular weight is 423 g/mol. The zero-order valence-corrected chi connectivity index (χ0v) is 17.2. The van der Waals surface area contributed by atoms with Gasteiger partial charge >= 0.3 is 0 Å². The minimum atomic E-state index is -0.183. The van der Waals surface area contributed by atoms with Crippen LogP contribution in [0.15, 0.2) is 66.4 Å². The lowest BCUT2D eigenvalue weighted by Gasteiger charge is -2.08. The van der Waals surface area contributed by atoms with Crippen LogP contribution >= 0.6 is 11.6 Å². The summed E-state index contributed by atoms with van der Waals surface area (Å²) in [6.45, 7) is 0.320. The van der Waals surface area contributed by atoms with E-state index in [-0.39, 0.29) is 11.5 Å². The standard InChI is InChI=1S/C24H19ClO5/c1-27-20-10-7-15(11-22(20)28-2)12-23-24(26)18-9-8-17(13-21(18)30-23)29-14-16-5-3-4-6-19(16)25/h3-13H,14H2,1-2H3/b23-12-. The Hall–Kier alpha value is -3.44. The molecule has 3 aromatic carbocycles. The van der Waals surface area contributed by atoms with Crippen LogP contribution in [-0.2, 0) is 6.61 Å². The highest BCUT2D eigenvalue weighted by molar-refractivity contribution is 6.31. The summed E-state index contributed by atoms with van der Waals surface area (Å²) < 4.78 is 22.2. The number of hydrogen-bond acceptors (Lipinski definition) is 5. The Balaban J connectivity index is 1.53. The number of Topliss-reactive ketones (excluding diaryl/α,β-unsaturated/α-hetero) is 1. The molecule has 0 fully saturated rings. The van der Waals surface area contributed by atoms with Crippen molar-refractivity contribution in [2.24, 2.45) is 0 Å². The highest BCUT2D eigenvalue weighted by atomic mass is 35.5. The number of benzene rings is 3. The maximum absolute atomic E-state index is 12.7. The molecule has 0 radical (unpaired) electrons. The Morgan fingerprint density at radius 1 is 0.967 bits per heavy atom. The fourth-order valence-electron chi connectivity index (χ4n) is 3.13. The van der Waals surface area contributed by atoms with Crippen LogP contribution in [0.3, 0.4) is 0 Å². The molecule has 0 aliphatic carbocycles. The summed E-state index contributed by atoms with van der Waals surface area (Å²) in [4.78, 5) is 12.7. The highest BCUT2D eigenvalue weighted by Crippen LogP contribution is 2.36. The van der Waals surface area contributed by atoms with Crippen LogP contribution in [0.25, 0.3) is 6.08 Å². The van der Waals surface area contributed by atoms with E-state index >= 15 is 0 Å². The zero-order chi connectivity index (χ0) is 21.1. The van der Waals surface area contributed by atoms with Gasteiger partial charge in [0.15, 0.2) is 17.3 Å². The summed E-state index contributed by atoms with van der Waals surface area (Å²) in [5, 5.41) is 0.644. The predicted octanol–water partition coefficient (Wildman–Crippen LogP) is 5.55.